The molecule has 0 bridgehead atoms. The highest BCUT2D eigenvalue weighted by Crippen LogP contribution is 2.32. The Morgan fingerprint density at radius 2 is 1.64 bits per heavy atom. The lowest BCUT2D eigenvalue weighted by molar-refractivity contribution is 0.0606. The predicted molar refractivity (Wildman–Crippen MR) is 84.3 cm³/mol. The van der Waals surface area contributed by atoms with Gasteiger partial charge in [-0.2, -0.15) is 4.39 Å². The molecule has 0 N–H and O–H groups in total. The number of nitrogens with zero attached hydrogens (tertiary/aromatic N) is 1. The Kier molecular flexibility index (Phi) is 3.98. The van der Waals surface area contributed by atoms with E-state index in [2.05, 4.69) is 9.72 Å². The van der Waals surface area contributed by atoms with Gasteiger partial charge in [0.05, 0.1) is 7.11 Å². The Labute approximate surface area is 131 Å². The summed E-state index contributed by atoms with van der Waals surface area (Å²) in [6.07, 6.45) is 3.45. The van der Waals surface area contributed by atoms with E-state index in [1.54, 1.807) is 12.4 Å². The lowest BCUT2D eigenvalue weighted by Crippen LogP contribution is -1.96. The van der Waals surface area contributed by atoms with E-state index in [-0.39, 0.29) is 4.88 Å². The lowest BCUT2D eigenvalue weighted by Gasteiger charge is -2.03. The zero-order valence-electron chi connectivity index (χ0n) is 11.7. The number of thiophene rings is 1. The average molecular weight is 313 g/mol. The molecular formula is C17H12FNO2S. The number of benzene rings is 1. The number of pyridine rings is 1. The minimum atomic E-state index is -0.524. The van der Waals surface area contributed by atoms with Crippen LogP contribution in [0.15, 0.2) is 54.9 Å². The van der Waals surface area contributed by atoms with Gasteiger partial charge in [0.2, 0.25) is 0 Å². The molecule has 110 valence electrons. The van der Waals surface area contributed by atoms with Crippen molar-refractivity contribution in [2.75, 3.05) is 7.11 Å². The first-order valence-electron chi connectivity index (χ1n) is 6.57. The Balaban J connectivity index is 1.93. The van der Waals surface area contributed by atoms with Crippen LogP contribution in [0.3, 0.4) is 0 Å². The highest BCUT2D eigenvalue weighted by atomic mass is 32.1. The van der Waals surface area contributed by atoms with Crippen molar-refractivity contribution < 1.29 is 13.9 Å². The molecule has 0 aliphatic carbocycles. The Morgan fingerprint density at radius 1 is 1.05 bits per heavy atom. The molecule has 1 aromatic carbocycles. The molecule has 0 radical (unpaired) electrons. The van der Waals surface area contributed by atoms with Gasteiger partial charge in [0, 0.05) is 18.0 Å². The average Bonchev–Trinajstić information content (AvgIpc) is 2.97. The molecule has 0 unspecified atom stereocenters. The van der Waals surface area contributed by atoms with E-state index in [1.165, 1.54) is 13.2 Å². The quantitative estimate of drug-likeness (QED) is 0.673. The third-order valence-corrected chi connectivity index (χ3v) is 4.19. The van der Waals surface area contributed by atoms with Crippen LogP contribution in [0.4, 0.5) is 4.39 Å². The van der Waals surface area contributed by atoms with E-state index in [9.17, 15) is 9.18 Å². The SMILES string of the molecule is COC(=O)c1cc(-c2ccc(-c3ccncc3)cc2)c(F)s1. The van der Waals surface area contributed by atoms with Crippen LogP contribution >= 0.6 is 11.3 Å². The number of rotatable bonds is 3. The summed E-state index contributed by atoms with van der Waals surface area (Å²) in [7, 11) is 1.28. The molecule has 0 aliphatic heterocycles. The molecule has 0 fully saturated rings. The van der Waals surface area contributed by atoms with Crippen molar-refractivity contribution in [3.63, 3.8) is 0 Å². The van der Waals surface area contributed by atoms with Crippen molar-refractivity contribution >= 4 is 17.3 Å². The van der Waals surface area contributed by atoms with Crippen LogP contribution in [-0.2, 0) is 4.74 Å². The first-order chi connectivity index (χ1) is 10.7. The Morgan fingerprint density at radius 3 is 2.27 bits per heavy atom. The number of hydrogen-bond donors (Lipinski definition) is 0. The van der Waals surface area contributed by atoms with Crippen molar-refractivity contribution in [1.82, 2.24) is 4.98 Å². The van der Waals surface area contributed by atoms with Gasteiger partial charge in [-0.05, 0) is 34.9 Å². The van der Waals surface area contributed by atoms with E-state index >= 15 is 0 Å². The standard InChI is InChI=1S/C17H12FNO2S/c1-21-17(20)15-10-14(16(18)22-15)13-4-2-11(3-5-13)12-6-8-19-9-7-12/h2-10H,1H3. The Bertz CT molecular complexity index is 797. The smallest absolute Gasteiger partial charge is 0.348 e. The first-order valence-corrected chi connectivity index (χ1v) is 7.39. The molecule has 2 aromatic heterocycles. The van der Waals surface area contributed by atoms with E-state index < -0.39 is 11.1 Å². The van der Waals surface area contributed by atoms with Crippen LogP contribution < -0.4 is 0 Å². The first kappa shape index (κ1) is 14.4. The van der Waals surface area contributed by atoms with E-state index in [4.69, 9.17) is 0 Å². The number of ether oxygens (including phenoxy) is 1. The van der Waals surface area contributed by atoms with Gasteiger partial charge in [-0.1, -0.05) is 35.6 Å². The minimum absolute atomic E-state index is 0.258. The summed E-state index contributed by atoms with van der Waals surface area (Å²) in [5.74, 6) is -0.524. The molecular weight excluding hydrogens is 301 g/mol. The summed E-state index contributed by atoms with van der Waals surface area (Å²) in [6, 6.07) is 12.8. The number of carbonyl (C=O) groups excluding carboxylic acids is 1. The van der Waals surface area contributed by atoms with Gasteiger partial charge in [-0.3, -0.25) is 4.98 Å². The third kappa shape index (κ3) is 2.76. The van der Waals surface area contributed by atoms with Crippen LogP contribution in [0, 0.1) is 5.13 Å². The van der Waals surface area contributed by atoms with E-state index in [0.29, 0.717) is 5.56 Å². The summed E-state index contributed by atoms with van der Waals surface area (Å²) in [4.78, 5) is 15.7. The van der Waals surface area contributed by atoms with Crippen LogP contribution in [0.25, 0.3) is 22.3 Å². The van der Waals surface area contributed by atoms with Gasteiger partial charge in [0.1, 0.15) is 4.88 Å². The number of aromatic nitrogens is 1. The minimum Gasteiger partial charge on any atom is -0.465 e. The highest BCUT2D eigenvalue weighted by molar-refractivity contribution is 7.12. The van der Waals surface area contributed by atoms with Crippen molar-refractivity contribution in [3.8, 4) is 22.3 Å². The second-order valence-electron chi connectivity index (χ2n) is 4.60. The summed E-state index contributed by atoms with van der Waals surface area (Å²) >= 11 is 0.793. The second-order valence-corrected chi connectivity index (χ2v) is 5.61. The fraction of sp³-hybridized carbons (Fsp3) is 0.0588. The van der Waals surface area contributed by atoms with Crippen LogP contribution in [0.1, 0.15) is 9.67 Å². The summed E-state index contributed by atoms with van der Waals surface area (Å²) in [5.41, 5.74) is 3.20. The molecule has 0 atom stereocenters. The second kappa shape index (κ2) is 6.07. The number of carbonyl (C=O) groups is 1. The summed E-state index contributed by atoms with van der Waals surface area (Å²) in [6.45, 7) is 0. The fourth-order valence-electron chi connectivity index (χ4n) is 2.15. The van der Waals surface area contributed by atoms with E-state index in [0.717, 1.165) is 28.0 Å². The summed E-state index contributed by atoms with van der Waals surface area (Å²) < 4.78 is 18.6. The van der Waals surface area contributed by atoms with Gasteiger partial charge in [-0.25, -0.2) is 4.79 Å². The molecule has 0 saturated carbocycles. The number of halogens is 1. The summed E-state index contributed by atoms with van der Waals surface area (Å²) in [5, 5.41) is -0.392. The van der Waals surface area contributed by atoms with E-state index in [1.807, 2.05) is 36.4 Å². The number of hydrogen-bond acceptors (Lipinski definition) is 4. The van der Waals surface area contributed by atoms with Crippen LogP contribution in [0.2, 0.25) is 0 Å². The number of esters is 1. The normalized spacial score (nSPS) is 10.5. The molecule has 3 rings (SSSR count). The maximum Gasteiger partial charge on any atom is 0.348 e. The molecule has 0 amide bonds. The van der Waals surface area contributed by atoms with Crippen molar-refractivity contribution in [2.45, 2.75) is 0 Å². The van der Waals surface area contributed by atoms with Crippen molar-refractivity contribution in [1.29, 1.82) is 0 Å². The van der Waals surface area contributed by atoms with Crippen LogP contribution in [-0.4, -0.2) is 18.1 Å². The van der Waals surface area contributed by atoms with Crippen LogP contribution in [0.5, 0.6) is 0 Å². The zero-order valence-corrected chi connectivity index (χ0v) is 12.6. The number of methoxy groups -OCH3 is 1. The third-order valence-electron chi connectivity index (χ3n) is 3.28. The van der Waals surface area contributed by atoms with Gasteiger partial charge in [0.15, 0.2) is 5.13 Å². The molecule has 0 saturated heterocycles. The Hall–Kier alpha value is -2.53. The molecule has 2 heterocycles. The van der Waals surface area contributed by atoms with Crippen molar-refractivity contribution in [3.05, 3.63) is 64.9 Å². The highest BCUT2D eigenvalue weighted by Gasteiger charge is 2.16. The fourth-order valence-corrected chi connectivity index (χ4v) is 2.98. The largest absolute Gasteiger partial charge is 0.465 e. The monoisotopic (exact) mass is 313 g/mol. The van der Waals surface area contributed by atoms with Gasteiger partial charge >= 0.3 is 5.97 Å². The molecule has 0 spiro atoms. The predicted octanol–water partition coefficient (Wildman–Crippen LogP) is 4.40. The van der Waals surface area contributed by atoms with Crippen molar-refractivity contribution in [2.24, 2.45) is 0 Å². The molecule has 0 aliphatic rings. The zero-order chi connectivity index (χ0) is 15.5. The molecule has 5 heteroatoms. The van der Waals surface area contributed by atoms with Gasteiger partial charge in [-0.15, -0.1) is 0 Å². The lowest BCUT2D eigenvalue weighted by atomic mass is 10.0. The maximum atomic E-state index is 14.0. The maximum absolute atomic E-state index is 14.0. The van der Waals surface area contributed by atoms with Gasteiger partial charge < -0.3 is 4.74 Å². The molecule has 3 aromatic rings. The molecule has 22 heavy (non-hydrogen) atoms. The van der Waals surface area contributed by atoms with Gasteiger partial charge in [0.25, 0.3) is 0 Å². The topological polar surface area (TPSA) is 39.2 Å². The molecule has 3 nitrogen and oxygen atoms in total.